The molecule has 0 saturated heterocycles. The average Bonchev–Trinajstić information content (AvgIpc) is 3.36. The molecule has 1 N–H and O–H groups in total. The van der Waals surface area contributed by atoms with E-state index in [0.29, 0.717) is 6.42 Å². The van der Waals surface area contributed by atoms with E-state index in [4.69, 9.17) is 9.84 Å². The van der Waals surface area contributed by atoms with Crippen LogP contribution in [0.5, 0.6) is 0 Å². The molecule has 116 valence electrons. The van der Waals surface area contributed by atoms with Gasteiger partial charge in [0.05, 0.1) is 12.2 Å². The minimum absolute atomic E-state index is 0.000702. The predicted octanol–water partition coefficient (Wildman–Crippen LogP) is 1.15. The number of benzene rings is 1. The maximum atomic E-state index is 12.3. The highest BCUT2D eigenvalue weighted by Crippen LogP contribution is 2.41. The molecule has 1 aliphatic heterocycles. The van der Waals surface area contributed by atoms with E-state index in [1.165, 1.54) is 0 Å². The molecular weight excluding hydrogens is 292 g/mol. The summed E-state index contributed by atoms with van der Waals surface area (Å²) in [5, 5.41) is 11.1. The van der Waals surface area contributed by atoms with Gasteiger partial charge in [0.15, 0.2) is 0 Å². The summed E-state index contributed by atoms with van der Waals surface area (Å²) in [4.78, 5) is 23.2. The van der Waals surface area contributed by atoms with Gasteiger partial charge >= 0.3 is 5.97 Å². The summed E-state index contributed by atoms with van der Waals surface area (Å²) in [6, 6.07) is 8.00. The number of hydrogen-bond donors (Lipinski definition) is 1. The molecule has 3 atom stereocenters. The van der Waals surface area contributed by atoms with Crippen LogP contribution < -0.4 is 10.4 Å². The zero-order valence-corrected chi connectivity index (χ0v) is 12.4. The number of rotatable bonds is 4. The first-order valence-corrected chi connectivity index (χ1v) is 7.72. The van der Waals surface area contributed by atoms with Crippen molar-refractivity contribution in [2.75, 3.05) is 0 Å². The molecule has 1 aromatic carbocycles. The SMILES string of the molecule is O=C(O)[C@@H]1C[C@H]1C(=O)CC1=CC=CC2=c3ccccc3=COC12. The summed E-state index contributed by atoms with van der Waals surface area (Å²) in [6.45, 7) is 0. The molecule has 4 nitrogen and oxygen atoms in total. The van der Waals surface area contributed by atoms with Crippen molar-refractivity contribution in [3.8, 4) is 0 Å². The fourth-order valence-corrected chi connectivity index (χ4v) is 3.35. The fourth-order valence-electron chi connectivity index (χ4n) is 3.35. The molecule has 1 unspecified atom stereocenters. The summed E-state index contributed by atoms with van der Waals surface area (Å²) >= 11 is 0. The highest BCUT2D eigenvalue weighted by molar-refractivity contribution is 5.92. The Kier molecular flexibility index (Phi) is 3.18. The molecule has 1 saturated carbocycles. The van der Waals surface area contributed by atoms with Crippen LogP contribution in [0.3, 0.4) is 0 Å². The summed E-state index contributed by atoms with van der Waals surface area (Å²) in [6.07, 6.45) is 8.06. The topological polar surface area (TPSA) is 63.6 Å². The van der Waals surface area contributed by atoms with Crippen molar-refractivity contribution in [3.63, 3.8) is 0 Å². The molecule has 3 aliphatic rings. The van der Waals surface area contributed by atoms with E-state index >= 15 is 0 Å². The maximum Gasteiger partial charge on any atom is 0.307 e. The largest absolute Gasteiger partial charge is 0.488 e. The molecule has 1 heterocycles. The number of ether oxygens (including phenoxy) is 1. The van der Waals surface area contributed by atoms with Crippen LogP contribution in [-0.2, 0) is 14.3 Å². The number of allylic oxidation sites excluding steroid dienone is 2. The molecule has 4 rings (SSSR count). The lowest BCUT2D eigenvalue weighted by Crippen LogP contribution is -2.37. The van der Waals surface area contributed by atoms with Crippen molar-refractivity contribution in [3.05, 3.63) is 58.5 Å². The van der Waals surface area contributed by atoms with Gasteiger partial charge < -0.3 is 9.84 Å². The van der Waals surface area contributed by atoms with Gasteiger partial charge in [-0.25, -0.2) is 0 Å². The standard InChI is InChI=1S/C19H16O4/c20-17(15-9-16(15)19(21)22)8-11-5-3-7-14-13-6-2-1-4-12(13)10-23-18(11)14/h1-7,10,15-16,18H,8-9H2,(H,21,22)/t15-,16-,18?/m1/s1. The van der Waals surface area contributed by atoms with E-state index < -0.39 is 11.9 Å². The first-order valence-electron chi connectivity index (χ1n) is 7.72. The van der Waals surface area contributed by atoms with Crippen LogP contribution in [0.4, 0.5) is 0 Å². The van der Waals surface area contributed by atoms with E-state index in [0.717, 1.165) is 21.6 Å². The van der Waals surface area contributed by atoms with Crippen molar-refractivity contribution < 1.29 is 19.4 Å². The van der Waals surface area contributed by atoms with E-state index in [-0.39, 0.29) is 24.2 Å². The van der Waals surface area contributed by atoms with Crippen molar-refractivity contribution in [1.29, 1.82) is 0 Å². The van der Waals surface area contributed by atoms with E-state index in [1.54, 1.807) is 6.26 Å². The van der Waals surface area contributed by atoms with Crippen LogP contribution in [0, 0.1) is 11.8 Å². The van der Waals surface area contributed by atoms with Crippen LogP contribution >= 0.6 is 0 Å². The van der Waals surface area contributed by atoms with Gasteiger partial charge in [0.25, 0.3) is 0 Å². The Labute approximate surface area is 133 Å². The molecule has 4 heteroatoms. The van der Waals surface area contributed by atoms with Crippen molar-refractivity contribution >= 4 is 23.6 Å². The Morgan fingerprint density at radius 2 is 2.04 bits per heavy atom. The lowest BCUT2D eigenvalue weighted by Gasteiger charge is -2.26. The van der Waals surface area contributed by atoms with Gasteiger partial charge in [-0.05, 0) is 17.2 Å². The quantitative estimate of drug-likeness (QED) is 0.906. The molecule has 0 amide bonds. The monoisotopic (exact) mass is 308 g/mol. The van der Waals surface area contributed by atoms with Gasteiger partial charge in [-0.2, -0.15) is 0 Å². The summed E-state index contributed by atoms with van der Waals surface area (Å²) in [5.41, 5.74) is 1.95. The normalized spacial score (nSPS) is 27.0. The summed E-state index contributed by atoms with van der Waals surface area (Å²) in [7, 11) is 0. The van der Waals surface area contributed by atoms with Crippen LogP contribution in [0.25, 0.3) is 11.8 Å². The molecule has 0 spiro atoms. The molecule has 23 heavy (non-hydrogen) atoms. The third kappa shape index (κ3) is 2.40. The Balaban J connectivity index is 1.60. The van der Waals surface area contributed by atoms with Crippen LogP contribution in [0.2, 0.25) is 0 Å². The second-order valence-corrected chi connectivity index (χ2v) is 6.21. The zero-order valence-electron chi connectivity index (χ0n) is 12.4. The molecule has 2 aliphatic carbocycles. The number of carboxylic acid groups (broad SMARTS) is 1. The smallest absolute Gasteiger partial charge is 0.307 e. The third-order valence-corrected chi connectivity index (χ3v) is 4.71. The van der Waals surface area contributed by atoms with Crippen molar-refractivity contribution in [2.45, 2.75) is 18.9 Å². The zero-order chi connectivity index (χ0) is 16.0. The minimum Gasteiger partial charge on any atom is -0.488 e. The Hall–Kier alpha value is -2.62. The van der Waals surface area contributed by atoms with Gasteiger partial charge in [-0.1, -0.05) is 42.5 Å². The molecule has 1 aromatic rings. The van der Waals surface area contributed by atoms with E-state index in [2.05, 4.69) is 0 Å². The number of fused-ring (bicyclic) bond motifs is 2. The number of carbonyl (C=O) groups excluding carboxylic acids is 1. The van der Waals surface area contributed by atoms with Gasteiger partial charge in [0.1, 0.15) is 11.9 Å². The van der Waals surface area contributed by atoms with Crippen LogP contribution in [-0.4, -0.2) is 23.0 Å². The number of carboxylic acids is 1. The molecular formula is C19H16O4. The fraction of sp³-hybridized carbons (Fsp3) is 0.263. The van der Waals surface area contributed by atoms with Gasteiger partial charge in [0.2, 0.25) is 0 Å². The van der Waals surface area contributed by atoms with Crippen molar-refractivity contribution in [1.82, 2.24) is 0 Å². The molecule has 0 aromatic heterocycles. The van der Waals surface area contributed by atoms with Gasteiger partial charge in [-0.3, -0.25) is 9.59 Å². The summed E-state index contributed by atoms with van der Waals surface area (Å²) in [5.74, 6) is -1.70. The van der Waals surface area contributed by atoms with Crippen molar-refractivity contribution in [2.24, 2.45) is 11.8 Å². The highest BCUT2D eigenvalue weighted by Gasteiger charge is 2.48. The molecule has 0 radical (unpaired) electrons. The second-order valence-electron chi connectivity index (χ2n) is 6.21. The first-order chi connectivity index (χ1) is 11.1. The Morgan fingerprint density at radius 1 is 1.22 bits per heavy atom. The maximum absolute atomic E-state index is 12.3. The molecule has 0 bridgehead atoms. The minimum atomic E-state index is -0.871. The first kappa shape index (κ1) is 14.0. The second kappa shape index (κ2) is 5.23. The van der Waals surface area contributed by atoms with E-state index in [9.17, 15) is 9.59 Å². The predicted molar refractivity (Wildman–Crippen MR) is 84.5 cm³/mol. The van der Waals surface area contributed by atoms with E-state index in [1.807, 2.05) is 42.5 Å². The number of Topliss-reactive ketones (excluding diaryl/α,β-unsaturated/α-hetero) is 1. The number of ketones is 1. The lowest BCUT2D eigenvalue weighted by atomic mass is 9.89. The summed E-state index contributed by atoms with van der Waals surface area (Å²) < 4.78 is 5.85. The number of hydrogen-bond acceptors (Lipinski definition) is 3. The van der Waals surface area contributed by atoms with Gasteiger partial charge in [0, 0.05) is 23.1 Å². The van der Waals surface area contributed by atoms with Crippen LogP contribution in [0.15, 0.2) is 48.1 Å². The Bertz CT molecular complexity index is 875. The lowest BCUT2D eigenvalue weighted by molar-refractivity contribution is -0.140. The Morgan fingerprint density at radius 3 is 2.83 bits per heavy atom. The highest BCUT2D eigenvalue weighted by atomic mass is 16.5. The third-order valence-electron chi connectivity index (χ3n) is 4.71. The van der Waals surface area contributed by atoms with Gasteiger partial charge in [-0.15, -0.1) is 0 Å². The average molecular weight is 308 g/mol. The van der Waals surface area contributed by atoms with Crippen LogP contribution in [0.1, 0.15) is 12.8 Å². The molecule has 1 fully saturated rings. The number of carbonyl (C=O) groups is 2. The number of aliphatic carboxylic acids is 1.